The van der Waals surface area contributed by atoms with Crippen LogP contribution < -0.4 is 10.1 Å². The number of hydrogen-bond donors (Lipinski definition) is 1. The highest BCUT2D eigenvalue weighted by Gasteiger charge is 2.23. The summed E-state index contributed by atoms with van der Waals surface area (Å²) in [5.41, 5.74) is 2.43. The van der Waals surface area contributed by atoms with Crippen LogP contribution in [-0.2, 0) is 22.4 Å². The van der Waals surface area contributed by atoms with Crippen molar-refractivity contribution in [2.24, 2.45) is 0 Å². The fourth-order valence-corrected chi connectivity index (χ4v) is 2.15. The first kappa shape index (κ1) is 11.9. The number of benzene rings is 1. The van der Waals surface area contributed by atoms with Gasteiger partial charge in [0.2, 0.25) is 0 Å². The van der Waals surface area contributed by atoms with Crippen LogP contribution in [0.5, 0.6) is 5.75 Å². The first-order valence-electron chi connectivity index (χ1n) is 5.71. The van der Waals surface area contributed by atoms with E-state index >= 15 is 0 Å². The van der Waals surface area contributed by atoms with Gasteiger partial charge in [0, 0.05) is 0 Å². The van der Waals surface area contributed by atoms with Crippen LogP contribution in [0.25, 0.3) is 0 Å². The van der Waals surface area contributed by atoms with E-state index in [-0.39, 0.29) is 12.0 Å². The Morgan fingerprint density at radius 3 is 2.88 bits per heavy atom. The molecule has 1 atom stereocenters. The highest BCUT2D eigenvalue weighted by atomic mass is 16.5. The first-order chi connectivity index (χ1) is 8.24. The minimum Gasteiger partial charge on any atom is -0.497 e. The third-order valence-electron chi connectivity index (χ3n) is 3.11. The molecule has 1 aromatic rings. The fourth-order valence-electron chi connectivity index (χ4n) is 2.15. The Hall–Kier alpha value is -1.55. The molecule has 4 heteroatoms. The summed E-state index contributed by atoms with van der Waals surface area (Å²) in [6.45, 7) is 0.791. The minimum atomic E-state index is -0.256. The second kappa shape index (κ2) is 5.19. The third kappa shape index (κ3) is 2.58. The Balaban J connectivity index is 2.25. The second-order valence-corrected chi connectivity index (χ2v) is 4.12. The van der Waals surface area contributed by atoms with Crippen LogP contribution in [0.15, 0.2) is 18.2 Å². The molecule has 1 aliphatic rings. The van der Waals surface area contributed by atoms with Crippen LogP contribution in [0.4, 0.5) is 0 Å². The van der Waals surface area contributed by atoms with Gasteiger partial charge in [-0.3, -0.25) is 4.79 Å². The highest BCUT2D eigenvalue weighted by Crippen LogP contribution is 2.21. The van der Waals surface area contributed by atoms with Gasteiger partial charge in [0.25, 0.3) is 0 Å². The lowest BCUT2D eigenvalue weighted by Crippen LogP contribution is -2.38. The standard InChI is InChI=1S/C13H17NO3/c1-16-11-4-3-9-5-6-14-12(13(15)17-2)8-10(9)7-11/h3-4,7,12,14H,5-6,8H2,1-2H3. The summed E-state index contributed by atoms with van der Waals surface area (Å²) in [4.78, 5) is 11.6. The summed E-state index contributed by atoms with van der Waals surface area (Å²) in [5, 5.41) is 3.20. The number of nitrogens with one attached hydrogen (secondary N) is 1. The zero-order valence-electron chi connectivity index (χ0n) is 10.2. The number of fused-ring (bicyclic) bond motifs is 1. The summed E-state index contributed by atoms with van der Waals surface area (Å²) < 4.78 is 9.99. The van der Waals surface area contributed by atoms with Crippen molar-refractivity contribution in [3.05, 3.63) is 29.3 Å². The monoisotopic (exact) mass is 235 g/mol. The SMILES string of the molecule is COC(=O)C1Cc2cc(OC)ccc2CCN1. The van der Waals surface area contributed by atoms with Gasteiger partial charge in [0.1, 0.15) is 11.8 Å². The van der Waals surface area contributed by atoms with Crippen molar-refractivity contribution in [1.29, 1.82) is 0 Å². The average molecular weight is 235 g/mol. The molecule has 1 N–H and O–H groups in total. The van der Waals surface area contributed by atoms with Gasteiger partial charge in [0.15, 0.2) is 0 Å². The zero-order chi connectivity index (χ0) is 12.3. The fraction of sp³-hybridized carbons (Fsp3) is 0.462. The Bertz CT molecular complexity index is 417. The van der Waals surface area contributed by atoms with Crippen molar-refractivity contribution in [3.8, 4) is 5.75 Å². The van der Waals surface area contributed by atoms with Gasteiger partial charge < -0.3 is 14.8 Å². The van der Waals surface area contributed by atoms with Gasteiger partial charge in [0.05, 0.1) is 14.2 Å². The van der Waals surface area contributed by atoms with E-state index < -0.39 is 0 Å². The number of rotatable bonds is 2. The lowest BCUT2D eigenvalue weighted by Gasteiger charge is -2.13. The number of carbonyl (C=O) groups excluding carboxylic acids is 1. The van der Waals surface area contributed by atoms with E-state index in [1.807, 2.05) is 12.1 Å². The van der Waals surface area contributed by atoms with Gasteiger partial charge in [-0.1, -0.05) is 6.07 Å². The number of methoxy groups -OCH3 is 2. The lowest BCUT2D eigenvalue weighted by molar-refractivity contribution is -0.143. The highest BCUT2D eigenvalue weighted by molar-refractivity contribution is 5.76. The molecular weight excluding hydrogens is 218 g/mol. The molecule has 0 saturated heterocycles. The van der Waals surface area contributed by atoms with Crippen molar-refractivity contribution in [2.45, 2.75) is 18.9 Å². The molecule has 1 unspecified atom stereocenters. The van der Waals surface area contributed by atoms with Crippen LogP contribution in [0.3, 0.4) is 0 Å². The molecule has 17 heavy (non-hydrogen) atoms. The quantitative estimate of drug-likeness (QED) is 0.775. The van der Waals surface area contributed by atoms with E-state index in [1.165, 1.54) is 12.7 Å². The number of hydrogen-bond acceptors (Lipinski definition) is 4. The molecule has 4 nitrogen and oxygen atoms in total. The number of ether oxygens (including phenoxy) is 2. The Kier molecular flexibility index (Phi) is 3.64. The Morgan fingerprint density at radius 1 is 1.35 bits per heavy atom. The van der Waals surface area contributed by atoms with E-state index in [2.05, 4.69) is 11.4 Å². The molecule has 1 aliphatic heterocycles. The van der Waals surface area contributed by atoms with E-state index in [9.17, 15) is 4.79 Å². The molecule has 0 saturated carbocycles. The van der Waals surface area contributed by atoms with E-state index in [0.29, 0.717) is 6.42 Å². The Labute approximate surface area is 101 Å². The van der Waals surface area contributed by atoms with Crippen molar-refractivity contribution in [1.82, 2.24) is 5.32 Å². The maximum absolute atomic E-state index is 11.6. The Morgan fingerprint density at radius 2 is 2.18 bits per heavy atom. The van der Waals surface area contributed by atoms with Crippen LogP contribution in [0.2, 0.25) is 0 Å². The first-order valence-corrected chi connectivity index (χ1v) is 5.71. The summed E-state index contributed by atoms with van der Waals surface area (Å²) in [6.07, 6.45) is 1.58. The smallest absolute Gasteiger partial charge is 0.323 e. The van der Waals surface area contributed by atoms with Crippen LogP contribution >= 0.6 is 0 Å². The van der Waals surface area contributed by atoms with E-state index in [0.717, 1.165) is 24.3 Å². The molecule has 0 aliphatic carbocycles. The maximum atomic E-state index is 11.6. The summed E-state index contributed by atoms with van der Waals surface area (Å²) in [5.74, 6) is 0.620. The van der Waals surface area contributed by atoms with Gasteiger partial charge >= 0.3 is 5.97 Å². The van der Waals surface area contributed by atoms with Crippen molar-refractivity contribution in [2.75, 3.05) is 20.8 Å². The molecule has 92 valence electrons. The van der Waals surface area contributed by atoms with Crippen molar-refractivity contribution in [3.63, 3.8) is 0 Å². The predicted octanol–water partition coefficient (Wildman–Crippen LogP) is 0.925. The molecule has 0 fully saturated rings. The van der Waals surface area contributed by atoms with Crippen LogP contribution in [0.1, 0.15) is 11.1 Å². The minimum absolute atomic E-state index is 0.208. The van der Waals surface area contributed by atoms with Gasteiger partial charge in [-0.15, -0.1) is 0 Å². The van der Waals surface area contributed by atoms with Crippen molar-refractivity contribution >= 4 is 5.97 Å². The van der Waals surface area contributed by atoms with Crippen molar-refractivity contribution < 1.29 is 14.3 Å². The zero-order valence-corrected chi connectivity index (χ0v) is 10.2. The average Bonchev–Trinajstić information content (AvgIpc) is 2.58. The molecule has 0 aromatic heterocycles. The van der Waals surface area contributed by atoms with Gasteiger partial charge in [-0.2, -0.15) is 0 Å². The van der Waals surface area contributed by atoms with E-state index in [1.54, 1.807) is 7.11 Å². The van der Waals surface area contributed by atoms with Gasteiger partial charge in [-0.05, 0) is 42.6 Å². The molecule has 1 heterocycles. The van der Waals surface area contributed by atoms with Gasteiger partial charge in [-0.25, -0.2) is 0 Å². The molecule has 0 spiro atoms. The third-order valence-corrected chi connectivity index (χ3v) is 3.11. The second-order valence-electron chi connectivity index (χ2n) is 4.12. The maximum Gasteiger partial charge on any atom is 0.323 e. The predicted molar refractivity (Wildman–Crippen MR) is 64.2 cm³/mol. The van der Waals surface area contributed by atoms with Crippen LogP contribution in [-0.4, -0.2) is 32.8 Å². The van der Waals surface area contributed by atoms with Crippen LogP contribution in [0, 0.1) is 0 Å². The van der Waals surface area contributed by atoms with E-state index in [4.69, 9.17) is 9.47 Å². The number of esters is 1. The molecule has 0 radical (unpaired) electrons. The molecule has 2 rings (SSSR count). The summed E-state index contributed by atoms with van der Waals surface area (Å²) in [7, 11) is 3.07. The number of carbonyl (C=O) groups is 1. The summed E-state index contributed by atoms with van der Waals surface area (Å²) >= 11 is 0. The molecular formula is C13H17NO3. The molecule has 0 bridgehead atoms. The largest absolute Gasteiger partial charge is 0.497 e. The summed E-state index contributed by atoms with van der Waals surface area (Å²) in [6, 6.07) is 5.76. The lowest BCUT2D eigenvalue weighted by atomic mass is 10.00. The normalized spacial score (nSPS) is 19.1. The molecule has 0 amide bonds. The molecule has 1 aromatic carbocycles. The topological polar surface area (TPSA) is 47.6 Å².